The second-order valence-corrected chi connectivity index (χ2v) is 9.00. The zero-order valence-corrected chi connectivity index (χ0v) is 17.1. The van der Waals surface area contributed by atoms with Crippen molar-refractivity contribution in [1.82, 2.24) is 14.4 Å². The van der Waals surface area contributed by atoms with Crippen molar-refractivity contribution in [2.75, 3.05) is 6.54 Å². The Morgan fingerprint density at radius 3 is 2.60 bits per heavy atom. The highest BCUT2D eigenvalue weighted by Crippen LogP contribution is 2.34. The molecule has 0 radical (unpaired) electrons. The van der Waals surface area contributed by atoms with E-state index in [-0.39, 0.29) is 29.8 Å². The van der Waals surface area contributed by atoms with Crippen LogP contribution >= 0.6 is 0 Å². The van der Waals surface area contributed by atoms with E-state index in [0.29, 0.717) is 18.8 Å². The summed E-state index contributed by atoms with van der Waals surface area (Å²) in [4.78, 5) is 4.62. The molecule has 0 amide bonds. The summed E-state index contributed by atoms with van der Waals surface area (Å²) < 4.78 is 51.5. The van der Waals surface area contributed by atoms with Gasteiger partial charge in [-0.2, -0.15) is 9.29 Å². The summed E-state index contributed by atoms with van der Waals surface area (Å²) in [6.07, 6.45) is 2.30. The number of ether oxygens (including phenoxy) is 1. The van der Waals surface area contributed by atoms with E-state index >= 15 is 0 Å². The molecular formula is C21H22FN3O4S. The molecule has 1 fully saturated rings. The average Bonchev–Trinajstić information content (AvgIpc) is 3.25. The smallest absolute Gasteiger partial charge is 0.252 e. The van der Waals surface area contributed by atoms with Crippen LogP contribution in [0.5, 0.6) is 0 Å². The third-order valence-corrected chi connectivity index (χ3v) is 6.92. The largest absolute Gasteiger partial charge is 0.367 e. The molecule has 1 atom stereocenters. The Morgan fingerprint density at radius 2 is 1.83 bits per heavy atom. The number of hydrogen-bond donors (Lipinski definition) is 0. The second-order valence-electron chi connectivity index (χ2n) is 7.11. The topological polar surface area (TPSA) is 85.5 Å². The van der Waals surface area contributed by atoms with Gasteiger partial charge in [-0.1, -0.05) is 41.9 Å². The lowest BCUT2D eigenvalue weighted by atomic mass is 10.0. The second kappa shape index (κ2) is 9.03. The molecular weight excluding hydrogens is 409 g/mol. The van der Waals surface area contributed by atoms with Crippen LogP contribution in [0, 0.1) is 5.82 Å². The van der Waals surface area contributed by atoms with Crippen LogP contribution in [-0.4, -0.2) is 29.4 Å². The molecule has 0 N–H and O–H groups in total. The van der Waals surface area contributed by atoms with E-state index in [1.54, 1.807) is 42.5 Å². The first kappa shape index (κ1) is 20.6. The van der Waals surface area contributed by atoms with Crippen LogP contribution in [0.4, 0.5) is 4.39 Å². The summed E-state index contributed by atoms with van der Waals surface area (Å²) in [6, 6.07) is 13.9. The van der Waals surface area contributed by atoms with E-state index in [2.05, 4.69) is 10.1 Å². The van der Waals surface area contributed by atoms with Crippen LogP contribution < -0.4 is 0 Å². The molecule has 9 heteroatoms. The van der Waals surface area contributed by atoms with Crippen LogP contribution in [0.25, 0.3) is 0 Å². The monoisotopic (exact) mass is 431 g/mol. The fourth-order valence-electron chi connectivity index (χ4n) is 3.48. The van der Waals surface area contributed by atoms with Gasteiger partial charge in [0, 0.05) is 6.54 Å². The molecule has 4 rings (SSSR count). The highest BCUT2D eigenvalue weighted by atomic mass is 32.2. The van der Waals surface area contributed by atoms with Crippen LogP contribution in [0.1, 0.15) is 42.6 Å². The summed E-state index contributed by atoms with van der Waals surface area (Å²) in [5, 5.41) is 4.01. The van der Waals surface area contributed by atoms with Crippen molar-refractivity contribution in [3.63, 3.8) is 0 Å². The molecule has 1 aliphatic rings. The van der Waals surface area contributed by atoms with E-state index < -0.39 is 16.1 Å². The third kappa shape index (κ3) is 4.58. The lowest BCUT2D eigenvalue weighted by molar-refractivity contribution is 0.0850. The van der Waals surface area contributed by atoms with Crippen LogP contribution in [0.3, 0.4) is 0 Å². The number of benzene rings is 2. The van der Waals surface area contributed by atoms with Crippen molar-refractivity contribution in [3.05, 3.63) is 77.7 Å². The number of sulfonamides is 1. The van der Waals surface area contributed by atoms with Gasteiger partial charge >= 0.3 is 0 Å². The highest BCUT2D eigenvalue weighted by molar-refractivity contribution is 7.89. The molecule has 7 nitrogen and oxygen atoms in total. The predicted octanol–water partition coefficient (Wildman–Crippen LogP) is 3.84. The van der Waals surface area contributed by atoms with Gasteiger partial charge in [0.15, 0.2) is 5.82 Å². The molecule has 30 heavy (non-hydrogen) atoms. The Morgan fingerprint density at radius 1 is 1.07 bits per heavy atom. The molecule has 1 aromatic heterocycles. The standard InChI is InChI=1S/C21H22FN3O4S/c22-17-11-9-16(10-12-17)14-28-15-20-23-21(24-29-20)19-8-4-5-13-25(19)30(26,27)18-6-2-1-3-7-18/h1-3,6-7,9-12,19H,4-5,8,13-15H2. The van der Waals surface area contributed by atoms with Crippen LogP contribution in [-0.2, 0) is 28.0 Å². The van der Waals surface area contributed by atoms with Crippen molar-refractivity contribution >= 4 is 10.0 Å². The summed E-state index contributed by atoms with van der Waals surface area (Å²) in [5.74, 6) is 0.312. The van der Waals surface area contributed by atoms with Crippen molar-refractivity contribution in [1.29, 1.82) is 0 Å². The number of nitrogens with zero attached hydrogens (tertiary/aromatic N) is 3. The van der Waals surface area contributed by atoms with Gasteiger partial charge in [0.2, 0.25) is 10.0 Å². The Kier molecular flexibility index (Phi) is 6.21. The Balaban J connectivity index is 1.45. The molecule has 0 bridgehead atoms. The Labute approximate surface area is 174 Å². The summed E-state index contributed by atoms with van der Waals surface area (Å²) >= 11 is 0. The van der Waals surface area contributed by atoms with E-state index in [9.17, 15) is 12.8 Å². The molecule has 1 unspecified atom stereocenters. The predicted molar refractivity (Wildman–Crippen MR) is 106 cm³/mol. The average molecular weight is 431 g/mol. The Bertz CT molecular complexity index is 1070. The van der Waals surface area contributed by atoms with Crippen molar-refractivity contribution in [3.8, 4) is 0 Å². The molecule has 3 aromatic rings. The zero-order valence-electron chi connectivity index (χ0n) is 16.3. The first-order chi connectivity index (χ1) is 14.5. The van der Waals surface area contributed by atoms with E-state index in [1.807, 2.05) is 0 Å². The minimum Gasteiger partial charge on any atom is -0.367 e. The van der Waals surface area contributed by atoms with Gasteiger partial charge in [-0.25, -0.2) is 12.8 Å². The quantitative estimate of drug-likeness (QED) is 0.565. The lowest BCUT2D eigenvalue weighted by Crippen LogP contribution is -2.38. The number of rotatable bonds is 7. The minimum atomic E-state index is -3.66. The van der Waals surface area contributed by atoms with Crippen LogP contribution in [0.2, 0.25) is 0 Å². The third-order valence-electron chi connectivity index (χ3n) is 4.99. The lowest BCUT2D eigenvalue weighted by Gasteiger charge is -2.32. The Hall–Kier alpha value is -2.62. The summed E-state index contributed by atoms with van der Waals surface area (Å²) in [7, 11) is -3.66. The fraction of sp³-hybridized carbons (Fsp3) is 0.333. The van der Waals surface area contributed by atoms with Gasteiger partial charge in [0.1, 0.15) is 12.4 Å². The maximum atomic E-state index is 13.1. The van der Waals surface area contributed by atoms with Gasteiger partial charge in [-0.3, -0.25) is 0 Å². The summed E-state index contributed by atoms with van der Waals surface area (Å²) in [5.41, 5.74) is 0.823. The van der Waals surface area contributed by atoms with Crippen molar-refractivity contribution in [2.24, 2.45) is 0 Å². The molecule has 1 aliphatic heterocycles. The van der Waals surface area contributed by atoms with Crippen molar-refractivity contribution in [2.45, 2.75) is 43.4 Å². The van der Waals surface area contributed by atoms with E-state index in [4.69, 9.17) is 9.26 Å². The molecule has 1 saturated heterocycles. The number of hydrogen-bond acceptors (Lipinski definition) is 6. The fourth-order valence-corrected chi connectivity index (χ4v) is 5.15. The highest BCUT2D eigenvalue weighted by Gasteiger charge is 2.37. The molecule has 0 spiro atoms. The van der Waals surface area contributed by atoms with Gasteiger partial charge in [-0.05, 0) is 42.7 Å². The number of aromatic nitrogens is 2. The maximum Gasteiger partial charge on any atom is 0.252 e. The molecule has 2 aromatic carbocycles. The molecule has 2 heterocycles. The van der Waals surface area contributed by atoms with E-state index in [1.165, 1.54) is 16.4 Å². The summed E-state index contributed by atoms with van der Waals surface area (Å²) in [6.45, 7) is 0.769. The number of halogens is 1. The number of piperidine rings is 1. The zero-order chi connectivity index (χ0) is 21.0. The maximum absolute atomic E-state index is 13.1. The normalized spacial score (nSPS) is 17.8. The molecule has 0 saturated carbocycles. The van der Waals surface area contributed by atoms with Gasteiger partial charge in [0.25, 0.3) is 5.89 Å². The van der Waals surface area contributed by atoms with Gasteiger partial charge in [0.05, 0.1) is 17.5 Å². The molecule has 158 valence electrons. The van der Waals surface area contributed by atoms with Crippen LogP contribution in [0.15, 0.2) is 64.0 Å². The molecule has 0 aliphatic carbocycles. The SMILES string of the molecule is O=S(=O)(c1ccccc1)N1CCCCC1c1noc(COCc2ccc(F)cc2)n1. The minimum absolute atomic E-state index is 0.0858. The van der Waals surface area contributed by atoms with Crippen molar-refractivity contribution < 1.29 is 22.1 Å². The first-order valence-corrected chi connectivity index (χ1v) is 11.2. The van der Waals surface area contributed by atoms with E-state index in [0.717, 1.165) is 18.4 Å². The van der Waals surface area contributed by atoms with Gasteiger partial charge < -0.3 is 9.26 Å². The first-order valence-electron chi connectivity index (χ1n) is 9.75. The van der Waals surface area contributed by atoms with Gasteiger partial charge in [-0.15, -0.1) is 0 Å².